The summed E-state index contributed by atoms with van der Waals surface area (Å²) in [6, 6.07) is 9.65. The molecule has 0 aliphatic rings. The van der Waals surface area contributed by atoms with Gasteiger partial charge in [0.2, 0.25) is 17.1 Å². The molecular formula is C24H34Cl2N8S. The van der Waals surface area contributed by atoms with E-state index in [1.807, 2.05) is 36.4 Å². The van der Waals surface area contributed by atoms with Crippen LogP contribution in [0.15, 0.2) is 62.6 Å². The molecule has 1 aromatic carbocycles. The van der Waals surface area contributed by atoms with Crippen LogP contribution in [-0.2, 0) is 5.41 Å². The second kappa shape index (κ2) is 14.8. The Kier molecular flexibility index (Phi) is 12.2. The van der Waals surface area contributed by atoms with Crippen molar-refractivity contribution in [3.8, 4) is 0 Å². The number of hydrogen-bond donors (Lipinski definition) is 3. The molecule has 0 radical (unpaired) electrons. The number of aliphatic imine (C=N–C) groups is 3. The van der Waals surface area contributed by atoms with Gasteiger partial charge in [-0.1, -0.05) is 61.1 Å². The third kappa shape index (κ3) is 9.25. The summed E-state index contributed by atoms with van der Waals surface area (Å²) in [5.74, 6) is 0.894. The number of halogens is 2. The van der Waals surface area contributed by atoms with Gasteiger partial charge in [0.1, 0.15) is 6.34 Å². The van der Waals surface area contributed by atoms with Crippen LogP contribution in [0, 0.1) is 0 Å². The monoisotopic (exact) mass is 536 g/mol. The lowest BCUT2D eigenvalue weighted by Crippen LogP contribution is -2.40. The van der Waals surface area contributed by atoms with Crippen LogP contribution in [0.4, 0.5) is 10.8 Å². The van der Waals surface area contributed by atoms with Gasteiger partial charge in [0.05, 0.1) is 6.54 Å². The van der Waals surface area contributed by atoms with Gasteiger partial charge in [0.15, 0.2) is 0 Å². The summed E-state index contributed by atoms with van der Waals surface area (Å²) in [5, 5.41) is 7.40. The molecule has 35 heavy (non-hydrogen) atoms. The van der Waals surface area contributed by atoms with Crippen LogP contribution in [0.25, 0.3) is 0 Å². The minimum Gasteiger partial charge on any atom is -0.369 e. The molecule has 0 aliphatic carbocycles. The zero-order chi connectivity index (χ0) is 25.7. The highest BCUT2D eigenvalue weighted by atomic mass is 35.5. The van der Waals surface area contributed by atoms with E-state index in [-0.39, 0.29) is 11.4 Å². The topological polar surface area (TPSA) is 103 Å². The van der Waals surface area contributed by atoms with Crippen LogP contribution in [-0.4, -0.2) is 60.7 Å². The van der Waals surface area contributed by atoms with E-state index >= 15 is 0 Å². The van der Waals surface area contributed by atoms with Crippen LogP contribution in [0.3, 0.4) is 0 Å². The number of benzene rings is 1. The summed E-state index contributed by atoms with van der Waals surface area (Å²) in [5.41, 5.74) is 6.65. The van der Waals surface area contributed by atoms with Gasteiger partial charge in [-0.25, -0.2) is 9.98 Å². The molecule has 1 aromatic heterocycles. The number of nitrogens with one attached hydrogen (secondary N) is 2. The number of allylic oxidation sites excluding steroid dienone is 2. The maximum atomic E-state index is 6.52. The number of aromatic nitrogens is 1. The van der Waals surface area contributed by atoms with Crippen LogP contribution in [0.1, 0.15) is 32.1 Å². The van der Waals surface area contributed by atoms with Gasteiger partial charge in [0.25, 0.3) is 0 Å². The van der Waals surface area contributed by atoms with Crippen LogP contribution >= 0.6 is 34.5 Å². The Bertz CT molecular complexity index is 1040. The first-order valence-corrected chi connectivity index (χ1v) is 13.1. The van der Waals surface area contributed by atoms with E-state index in [4.69, 9.17) is 28.9 Å². The predicted octanol–water partition coefficient (Wildman–Crippen LogP) is 5.16. The summed E-state index contributed by atoms with van der Waals surface area (Å²) in [6.45, 7) is 8.72. The first kappa shape index (κ1) is 28.8. The van der Waals surface area contributed by atoms with Crippen LogP contribution < -0.4 is 16.4 Å². The fraction of sp³-hybridized carbons (Fsp3) is 0.417. The molecule has 2 rings (SSSR count). The summed E-state index contributed by atoms with van der Waals surface area (Å²) in [7, 11) is 2.05. The number of hydrogen-bond acceptors (Lipinski definition) is 5. The molecule has 1 heterocycles. The lowest BCUT2D eigenvalue weighted by molar-refractivity contribution is 0.363. The quantitative estimate of drug-likeness (QED) is 0.209. The number of alkyl halides is 1. The molecule has 0 aliphatic heterocycles. The zero-order valence-electron chi connectivity index (χ0n) is 20.6. The van der Waals surface area contributed by atoms with Crippen molar-refractivity contribution in [2.45, 2.75) is 32.6 Å². The molecule has 0 spiro atoms. The molecule has 1 atom stereocenters. The van der Waals surface area contributed by atoms with E-state index in [0.29, 0.717) is 28.5 Å². The molecular weight excluding hydrogens is 503 g/mol. The van der Waals surface area contributed by atoms with Crippen LogP contribution in [0.5, 0.6) is 0 Å². The van der Waals surface area contributed by atoms with E-state index in [9.17, 15) is 0 Å². The van der Waals surface area contributed by atoms with E-state index < -0.39 is 0 Å². The predicted molar refractivity (Wildman–Crippen MR) is 153 cm³/mol. The van der Waals surface area contributed by atoms with Gasteiger partial charge in [-0.3, -0.25) is 10.3 Å². The molecule has 0 saturated heterocycles. The van der Waals surface area contributed by atoms with Crippen molar-refractivity contribution in [3.05, 3.63) is 52.5 Å². The lowest BCUT2D eigenvalue weighted by atomic mass is 9.85. The summed E-state index contributed by atoms with van der Waals surface area (Å²) in [6.07, 6.45) is 5.89. The van der Waals surface area contributed by atoms with Crippen molar-refractivity contribution in [2.75, 3.05) is 37.9 Å². The Balaban J connectivity index is 2.18. The second-order valence-corrected chi connectivity index (χ2v) is 9.63. The van der Waals surface area contributed by atoms with Crippen LogP contribution in [0.2, 0.25) is 0 Å². The zero-order valence-corrected chi connectivity index (χ0v) is 23.0. The second-order valence-electron chi connectivity index (χ2n) is 7.91. The van der Waals surface area contributed by atoms with Crippen molar-refractivity contribution in [1.82, 2.24) is 15.2 Å². The molecule has 0 fully saturated rings. The molecule has 1 unspecified atom stereocenters. The third-order valence-corrected chi connectivity index (χ3v) is 7.33. The Labute approximate surface area is 222 Å². The summed E-state index contributed by atoms with van der Waals surface area (Å²) >= 11 is 13.8. The molecule has 0 bridgehead atoms. The largest absolute Gasteiger partial charge is 0.369 e. The minimum absolute atomic E-state index is 0.146. The summed E-state index contributed by atoms with van der Waals surface area (Å²) in [4.78, 5) is 20.7. The number of rotatable bonds is 11. The molecule has 190 valence electrons. The van der Waals surface area contributed by atoms with Gasteiger partial charge in [-0.05, 0) is 39.1 Å². The number of likely N-dealkylation sites (N-methyl/N-ethyl adjacent to an activating group) is 1. The fourth-order valence-corrected chi connectivity index (χ4v) is 4.51. The number of para-hydroxylation sites is 1. The van der Waals surface area contributed by atoms with Crippen molar-refractivity contribution in [3.63, 3.8) is 0 Å². The van der Waals surface area contributed by atoms with Crippen molar-refractivity contribution in [2.24, 2.45) is 20.7 Å². The van der Waals surface area contributed by atoms with Crippen molar-refractivity contribution in [1.29, 1.82) is 0 Å². The SMILES string of the molecule is CCN(C)CCN=CN=C(NC(N)=Nc1ncc(C(C)(CC)/C(Cl)=C\CCl)s1)Nc1ccccc1. The smallest absolute Gasteiger partial charge is 0.212 e. The molecule has 4 N–H and O–H groups in total. The number of nitrogens with zero attached hydrogens (tertiary/aromatic N) is 5. The first-order chi connectivity index (χ1) is 16.8. The Morgan fingerprint density at radius 3 is 2.69 bits per heavy atom. The fourth-order valence-electron chi connectivity index (χ4n) is 2.87. The summed E-state index contributed by atoms with van der Waals surface area (Å²) < 4.78 is 0. The van der Waals surface area contributed by atoms with Gasteiger partial charge in [0, 0.05) is 39.6 Å². The van der Waals surface area contributed by atoms with Gasteiger partial charge in [-0.15, -0.1) is 11.6 Å². The van der Waals surface area contributed by atoms with Gasteiger partial charge < -0.3 is 16.0 Å². The van der Waals surface area contributed by atoms with Gasteiger partial charge >= 0.3 is 0 Å². The Morgan fingerprint density at radius 2 is 2.03 bits per heavy atom. The standard InChI is InChI=1S/C24H34Cl2N8S/c1-5-24(3,19(26)12-13-25)20-16-29-23(35-20)33-21(27)32-22(31-18-10-8-7-9-11-18)30-17-28-14-15-34(4)6-2/h7-12,16-17H,5-6,13-15H2,1-4H3,(H4,27,28,29,30,31,32,33)/b19-12+. The molecule has 0 saturated carbocycles. The third-order valence-electron chi connectivity index (χ3n) is 5.45. The molecule has 8 nitrogen and oxygen atoms in total. The minimum atomic E-state index is -0.381. The van der Waals surface area contributed by atoms with E-state index in [1.165, 1.54) is 17.7 Å². The normalized spacial score (nSPS) is 15.0. The Morgan fingerprint density at radius 1 is 1.29 bits per heavy atom. The number of thiazole rings is 1. The van der Waals surface area contributed by atoms with E-state index in [1.54, 1.807) is 6.20 Å². The number of guanidine groups is 2. The molecule has 0 amide bonds. The van der Waals surface area contributed by atoms with Gasteiger partial charge in [-0.2, -0.15) is 4.99 Å². The average Bonchev–Trinajstić information content (AvgIpc) is 3.32. The Hall–Kier alpha value is -2.46. The average molecular weight is 538 g/mol. The van der Waals surface area contributed by atoms with Crippen molar-refractivity contribution >= 4 is 63.6 Å². The van der Waals surface area contributed by atoms with E-state index in [0.717, 1.165) is 30.1 Å². The highest BCUT2D eigenvalue weighted by molar-refractivity contribution is 7.15. The maximum Gasteiger partial charge on any atom is 0.212 e. The number of anilines is 1. The first-order valence-electron chi connectivity index (χ1n) is 11.4. The van der Waals surface area contributed by atoms with Crippen molar-refractivity contribution < 1.29 is 0 Å². The highest BCUT2D eigenvalue weighted by Gasteiger charge is 2.30. The molecule has 11 heteroatoms. The number of nitrogens with two attached hydrogens (primary N) is 1. The lowest BCUT2D eigenvalue weighted by Gasteiger charge is -2.26. The maximum absolute atomic E-state index is 6.52. The van der Waals surface area contributed by atoms with E-state index in [2.05, 4.69) is 63.3 Å². The molecule has 2 aromatic rings. The highest BCUT2D eigenvalue weighted by Crippen LogP contribution is 2.41.